The van der Waals surface area contributed by atoms with Gasteiger partial charge in [0.25, 0.3) is 0 Å². The molecule has 5 aliphatic carbocycles. The summed E-state index contributed by atoms with van der Waals surface area (Å²) in [4.78, 5) is 12.6. The van der Waals surface area contributed by atoms with Crippen molar-refractivity contribution >= 4 is 5.97 Å². The molecule has 0 saturated heterocycles. The highest BCUT2D eigenvalue weighted by Crippen LogP contribution is 2.76. The largest absolute Gasteiger partial charge is 0.481 e. The molecule has 0 bridgehead atoms. The molecular formula is C29H46O3. The number of carbonyl (C=O) groups is 1. The van der Waals surface area contributed by atoms with Gasteiger partial charge in [-0.05, 0) is 110 Å². The Morgan fingerprint density at radius 2 is 1.56 bits per heavy atom. The highest BCUT2D eigenvalue weighted by Gasteiger charge is 2.69. The predicted molar refractivity (Wildman–Crippen MR) is 128 cm³/mol. The quantitative estimate of drug-likeness (QED) is 0.437. The molecular weight excluding hydrogens is 396 g/mol. The molecule has 0 radical (unpaired) electrons. The Morgan fingerprint density at radius 1 is 0.844 bits per heavy atom. The van der Waals surface area contributed by atoms with Gasteiger partial charge < -0.3 is 10.2 Å². The summed E-state index contributed by atoms with van der Waals surface area (Å²) in [6, 6.07) is 0. The van der Waals surface area contributed by atoms with Crippen LogP contribution in [-0.4, -0.2) is 22.3 Å². The van der Waals surface area contributed by atoms with Gasteiger partial charge in [0.2, 0.25) is 0 Å². The number of fused-ring (bicyclic) bond motifs is 7. The van der Waals surface area contributed by atoms with Crippen molar-refractivity contribution in [3.63, 3.8) is 0 Å². The first-order valence-electron chi connectivity index (χ1n) is 13.5. The lowest BCUT2D eigenvalue weighted by molar-refractivity contribution is -0.229. The summed E-state index contributed by atoms with van der Waals surface area (Å²) in [6.45, 7) is 14.6. The normalized spacial score (nSPS) is 54.3. The number of aliphatic carboxylic acids is 1. The molecule has 0 spiro atoms. The number of aliphatic hydroxyl groups is 1. The molecule has 32 heavy (non-hydrogen) atoms. The third-order valence-electron chi connectivity index (χ3n) is 12.7. The van der Waals surface area contributed by atoms with E-state index in [0.29, 0.717) is 23.7 Å². The van der Waals surface area contributed by atoms with Crippen LogP contribution < -0.4 is 0 Å². The Balaban J connectivity index is 1.57. The molecule has 3 unspecified atom stereocenters. The van der Waals surface area contributed by atoms with Crippen molar-refractivity contribution in [3.8, 4) is 0 Å². The third-order valence-corrected chi connectivity index (χ3v) is 12.7. The van der Waals surface area contributed by atoms with Gasteiger partial charge in [0, 0.05) is 0 Å². The third kappa shape index (κ3) is 2.61. The van der Waals surface area contributed by atoms with Crippen LogP contribution in [-0.2, 0) is 4.79 Å². The van der Waals surface area contributed by atoms with Gasteiger partial charge in [0.05, 0.1) is 11.5 Å². The molecule has 5 aliphatic rings. The van der Waals surface area contributed by atoms with Crippen LogP contribution in [0.5, 0.6) is 0 Å². The second-order valence-corrected chi connectivity index (χ2v) is 14.0. The van der Waals surface area contributed by atoms with Crippen LogP contribution >= 0.6 is 0 Å². The maximum absolute atomic E-state index is 12.6. The van der Waals surface area contributed by atoms with Gasteiger partial charge in [0.15, 0.2) is 0 Å². The minimum Gasteiger partial charge on any atom is -0.481 e. The van der Waals surface area contributed by atoms with E-state index >= 15 is 0 Å². The molecule has 0 aromatic rings. The maximum Gasteiger partial charge on any atom is 0.313 e. The van der Waals surface area contributed by atoms with E-state index in [1.807, 2.05) is 0 Å². The number of carboxylic acid groups (broad SMARTS) is 1. The van der Waals surface area contributed by atoms with Gasteiger partial charge in [-0.25, -0.2) is 0 Å². The van der Waals surface area contributed by atoms with E-state index in [2.05, 4.69) is 47.6 Å². The van der Waals surface area contributed by atoms with Gasteiger partial charge in [-0.15, -0.1) is 0 Å². The van der Waals surface area contributed by atoms with Crippen LogP contribution in [0.3, 0.4) is 0 Å². The SMILES string of the molecule is C[C@@H]1C=C2C3CCC4[C@@]5(C)CC[C@@H](O)C(C)(C)C5CC[C@@]4(C)[C@]3(C)CC[C@@]2(C(=O)O)CC1. The van der Waals surface area contributed by atoms with Gasteiger partial charge >= 0.3 is 5.97 Å². The van der Waals surface area contributed by atoms with Crippen LogP contribution in [0.15, 0.2) is 11.6 Å². The van der Waals surface area contributed by atoms with Crippen molar-refractivity contribution in [2.24, 2.45) is 50.7 Å². The highest BCUT2D eigenvalue weighted by molar-refractivity contribution is 5.79. The lowest BCUT2D eigenvalue weighted by Crippen LogP contribution is -2.66. The monoisotopic (exact) mass is 442 g/mol. The van der Waals surface area contributed by atoms with Crippen LogP contribution in [0, 0.1) is 50.7 Å². The fourth-order valence-corrected chi connectivity index (χ4v) is 10.6. The lowest BCUT2D eigenvalue weighted by atomic mass is 9.32. The Bertz CT molecular complexity index is 843. The van der Waals surface area contributed by atoms with E-state index in [4.69, 9.17) is 0 Å². The van der Waals surface area contributed by atoms with E-state index in [9.17, 15) is 15.0 Å². The van der Waals surface area contributed by atoms with Crippen LogP contribution in [0.25, 0.3) is 0 Å². The van der Waals surface area contributed by atoms with Crippen molar-refractivity contribution in [1.29, 1.82) is 0 Å². The van der Waals surface area contributed by atoms with E-state index in [0.717, 1.165) is 44.9 Å². The van der Waals surface area contributed by atoms with Crippen LogP contribution in [0.4, 0.5) is 0 Å². The smallest absolute Gasteiger partial charge is 0.313 e. The van der Waals surface area contributed by atoms with Gasteiger partial charge in [0.1, 0.15) is 0 Å². The van der Waals surface area contributed by atoms with E-state index < -0.39 is 11.4 Å². The summed E-state index contributed by atoms with van der Waals surface area (Å²) in [6.07, 6.45) is 12.8. The van der Waals surface area contributed by atoms with Crippen molar-refractivity contribution < 1.29 is 15.0 Å². The molecule has 0 amide bonds. The summed E-state index contributed by atoms with van der Waals surface area (Å²) < 4.78 is 0. The summed E-state index contributed by atoms with van der Waals surface area (Å²) in [5.41, 5.74) is 1.39. The molecule has 0 heterocycles. The Labute approximate surface area is 195 Å². The topological polar surface area (TPSA) is 57.5 Å². The zero-order valence-corrected chi connectivity index (χ0v) is 21.3. The summed E-state index contributed by atoms with van der Waals surface area (Å²) in [5.74, 6) is 1.59. The molecule has 4 saturated carbocycles. The number of hydrogen-bond donors (Lipinski definition) is 2. The summed E-state index contributed by atoms with van der Waals surface area (Å²) in [7, 11) is 0. The average Bonchev–Trinajstić information content (AvgIpc) is 2.71. The molecule has 3 heteroatoms. The maximum atomic E-state index is 12.6. The van der Waals surface area contributed by atoms with E-state index in [1.165, 1.54) is 24.8 Å². The fourth-order valence-electron chi connectivity index (χ4n) is 10.6. The zero-order valence-electron chi connectivity index (χ0n) is 21.3. The van der Waals surface area contributed by atoms with Crippen LogP contribution in [0.2, 0.25) is 0 Å². The number of aliphatic hydroxyl groups excluding tert-OH is 1. The Hall–Kier alpha value is -0.830. The van der Waals surface area contributed by atoms with Crippen LogP contribution in [0.1, 0.15) is 106 Å². The number of allylic oxidation sites excluding steroid dienone is 1. The molecule has 9 atom stereocenters. The van der Waals surface area contributed by atoms with Gasteiger partial charge in [-0.1, -0.05) is 53.2 Å². The van der Waals surface area contributed by atoms with Gasteiger partial charge in [-0.3, -0.25) is 4.79 Å². The summed E-state index contributed by atoms with van der Waals surface area (Å²) in [5, 5.41) is 21.3. The minimum atomic E-state index is -0.599. The first kappa shape index (κ1) is 22.9. The van der Waals surface area contributed by atoms with Crippen molar-refractivity contribution in [1.82, 2.24) is 0 Å². The standard InChI is InChI=1S/C29H46O3/c1-18-9-14-29(24(31)32)16-15-27(5)19(20(29)17-18)7-8-22-26(4)12-11-23(30)25(2,3)21(26)10-13-28(22,27)6/h17-19,21-23,30H,7-16H2,1-6H3,(H,31,32)/t18-,19?,21?,22?,23+,26-,27+,28+,29-/m0/s1. The highest BCUT2D eigenvalue weighted by atomic mass is 16.4. The van der Waals surface area contributed by atoms with Crippen molar-refractivity contribution in [3.05, 3.63) is 11.6 Å². The molecule has 0 aromatic carbocycles. The zero-order chi connectivity index (χ0) is 23.3. The molecule has 2 N–H and O–H groups in total. The molecule has 180 valence electrons. The predicted octanol–water partition coefficient (Wildman–Crippen LogP) is 6.84. The van der Waals surface area contributed by atoms with E-state index in [1.54, 1.807) is 0 Å². The first-order chi connectivity index (χ1) is 14.8. The Kier molecular flexibility index (Phi) is 4.92. The number of carboxylic acids is 1. The minimum absolute atomic E-state index is 0.0154. The first-order valence-corrected chi connectivity index (χ1v) is 13.5. The molecule has 0 aromatic heterocycles. The molecule has 3 nitrogen and oxygen atoms in total. The van der Waals surface area contributed by atoms with Crippen molar-refractivity contribution in [2.75, 3.05) is 0 Å². The lowest BCUT2D eigenvalue weighted by Gasteiger charge is -2.72. The molecule has 0 aliphatic heterocycles. The Morgan fingerprint density at radius 3 is 2.25 bits per heavy atom. The fraction of sp³-hybridized carbons (Fsp3) is 0.897. The molecule has 5 rings (SSSR count). The van der Waals surface area contributed by atoms with Crippen molar-refractivity contribution in [2.45, 2.75) is 112 Å². The second kappa shape index (κ2) is 6.86. The summed E-state index contributed by atoms with van der Waals surface area (Å²) >= 11 is 0. The number of rotatable bonds is 1. The van der Waals surface area contributed by atoms with Gasteiger partial charge in [-0.2, -0.15) is 0 Å². The second-order valence-electron chi connectivity index (χ2n) is 14.0. The number of hydrogen-bond acceptors (Lipinski definition) is 2. The molecule has 4 fully saturated rings. The average molecular weight is 443 g/mol. The van der Waals surface area contributed by atoms with E-state index in [-0.39, 0.29) is 27.8 Å².